The predicted octanol–water partition coefficient (Wildman–Crippen LogP) is 9.36. The van der Waals surface area contributed by atoms with Gasteiger partial charge in [0.2, 0.25) is 5.16 Å². The minimum Gasteiger partial charge on any atom is -0.488 e. The van der Waals surface area contributed by atoms with Crippen LogP contribution >= 0.6 is 8.03 Å². The van der Waals surface area contributed by atoms with E-state index in [1.54, 1.807) is 0 Å². The molecule has 4 nitrogen and oxygen atoms in total. The van der Waals surface area contributed by atoms with Gasteiger partial charge in [-0.3, -0.25) is 0 Å². The molecule has 4 aromatic rings. The van der Waals surface area contributed by atoms with Crippen LogP contribution in [0.4, 0.5) is 0 Å². The van der Waals surface area contributed by atoms with E-state index in [4.69, 9.17) is 9.47 Å². The first kappa shape index (κ1) is 30.0. The summed E-state index contributed by atoms with van der Waals surface area (Å²) in [5, 5.41) is -1.11. The molecule has 0 aromatic heterocycles. The minimum atomic E-state index is -2.61. The molecule has 0 amide bonds. The summed E-state index contributed by atoms with van der Waals surface area (Å²) in [7, 11) is -2.61. The van der Waals surface area contributed by atoms with E-state index in [1.807, 2.05) is 120 Å². The van der Waals surface area contributed by atoms with Crippen LogP contribution in [0.15, 0.2) is 86.0 Å². The molecular weight excluding hydrogens is 527 g/mol. The highest BCUT2D eigenvalue weighted by Gasteiger charge is 2.49. The Labute approximate surface area is 244 Å². The third kappa shape index (κ3) is 6.51. The Hall–Kier alpha value is -3.98. The zero-order valence-electron chi connectivity index (χ0n) is 24.5. The Morgan fingerprint density at radius 1 is 0.683 bits per heavy atom. The van der Waals surface area contributed by atoms with Crippen LogP contribution in [0.5, 0.6) is 11.5 Å². The Bertz CT molecular complexity index is 1430. The van der Waals surface area contributed by atoms with Gasteiger partial charge in [-0.15, -0.1) is 0 Å². The van der Waals surface area contributed by atoms with Crippen LogP contribution in [0.2, 0.25) is 0 Å². The number of hydrogen-bond acceptors (Lipinski definition) is 3. The fraction of sp³-hybridized carbons (Fsp3) is 0.222. The van der Waals surface area contributed by atoms with Crippen molar-refractivity contribution in [1.82, 2.24) is 0 Å². The molecule has 0 saturated carbocycles. The average molecular weight is 566 g/mol. The highest BCUT2D eigenvalue weighted by atomic mass is 31.1. The highest BCUT2D eigenvalue weighted by Crippen LogP contribution is 2.51. The van der Waals surface area contributed by atoms with Gasteiger partial charge >= 0.3 is 8.03 Å². The summed E-state index contributed by atoms with van der Waals surface area (Å²) in [6, 6.07) is 24.0. The van der Waals surface area contributed by atoms with Gasteiger partial charge in [0.25, 0.3) is 0 Å². The number of aryl methyl sites for hydroxylation is 4. The van der Waals surface area contributed by atoms with Gasteiger partial charge in [0, 0.05) is 11.1 Å². The maximum Gasteiger partial charge on any atom is 0.521 e. The van der Waals surface area contributed by atoms with Gasteiger partial charge < -0.3 is 9.47 Å². The molecule has 4 rings (SSSR count). The molecule has 5 heteroatoms. The van der Waals surface area contributed by atoms with Gasteiger partial charge in [-0.1, -0.05) is 73.8 Å². The standard InChI is InChI=1S/C36H37O4P/c1-8-28-10-14-30(15-11-28)22-39-34-24(3)18-32(19-25(34)4)36(7,41(37)38)33-20-26(5)35(27(6)21-33)40-23-31-16-12-29(9-2)13-17-31/h8-21H,1-2,22-23H2,3-7H3/p+1. The molecule has 0 aliphatic rings. The van der Waals surface area contributed by atoms with E-state index in [2.05, 4.69) is 13.2 Å². The quantitative estimate of drug-likeness (QED) is 0.184. The van der Waals surface area contributed by atoms with Crippen LogP contribution in [0, 0.1) is 27.7 Å². The zero-order valence-corrected chi connectivity index (χ0v) is 25.4. The van der Waals surface area contributed by atoms with Gasteiger partial charge in [-0.2, -0.15) is 4.89 Å². The first-order valence-corrected chi connectivity index (χ1v) is 14.9. The fourth-order valence-electron chi connectivity index (χ4n) is 5.12. The molecule has 1 atom stereocenters. The molecule has 0 saturated heterocycles. The lowest BCUT2D eigenvalue weighted by atomic mass is 9.87. The summed E-state index contributed by atoms with van der Waals surface area (Å²) in [6.07, 6.45) is 3.63. The largest absolute Gasteiger partial charge is 0.521 e. The van der Waals surface area contributed by atoms with Crippen LogP contribution in [0.3, 0.4) is 0 Å². The molecule has 0 aliphatic carbocycles. The molecule has 4 aromatic carbocycles. The number of benzene rings is 4. The maximum absolute atomic E-state index is 13.0. The molecular formula is C36H38O4P+. The number of ether oxygens (including phenoxy) is 2. The lowest BCUT2D eigenvalue weighted by molar-refractivity contribution is 0.301. The summed E-state index contributed by atoms with van der Waals surface area (Å²) >= 11 is 0. The Morgan fingerprint density at radius 3 is 1.27 bits per heavy atom. The van der Waals surface area contributed by atoms with Crippen molar-refractivity contribution in [2.75, 3.05) is 0 Å². The summed E-state index contributed by atoms with van der Waals surface area (Å²) in [5.41, 5.74) is 9.46. The van der Waals surface area contributed by atoms with Crippen molar-refractivity contribution in [3.63, 3.8) is 0 Å². The number of hydrogen-bond donors (Lipinski definition) is 1. The van der Waals surface area contributed by atoms with Crippen LogP contribution < -0.4 is 9.47 Å². The van der Waals surface area contributed by atoms with Crippen molar-refractivity contribution < 1.29 is 18.9 Å². The second-order valence-corrected chi connectivity index (χ2v) is 12.1. The van der Waals surface area contributed by atoms with Crippen molar-refractivity contribution in [3.8, 4) is 11.5 Å². The highest BCUT2D eigenvalue weighted by molar-refractivity contribution is 7.39. The Kier molecular flexibility index (Phi) is 9.28. The van der Waals surface area contributed by atoms with E-state index in [0.717, 1.165) is 67.1 Å². The predicted molar refractivity (Wildman–Crippen MR) is 170 cm³/mol. The van der Waals surface area contributed by atoms with Crippen molar-refractivity contribution >= 4 is 20.2 Å². The van der Waals surface area contributed by atoms with Crippen LogP contribution in [0.25, 0.3) is 12.2 Å². The Morgan fingerprint density at radius 2 is 1.00 bits per heavy atom. The first-order chi connectivity index (χ1) is 19.6. The SMILES string of the molecule is C=Cc1ccc(COc2c(C)cc(C(C)(c3cc(C)c(OCc4ccc(C=C)cc4)c(C)c3)[P+](=O)O)cc2C)cc1. The smallest absolute Gasteiger partial charge is 0.488 e. The molecule has 0 aliphatic heterocycles. The van der Waals surface area contributed by atoms with Crippen LogP contribution in [-0.4, -0.2) is 4.89 Å². The second-order valence-electron chi connectivity index (χ2n) is 10.7. The zero-order chi connectivity index (χ0) is 29.7. The van der Waals surface area contributed by atoms with Gasteiger partial charge in [0.1, 0.15) is 24.7 Å². The minimum absolute atomic E-state index is 0.433. The van der Waals surface area contributed by atoms with Crippen molar-refractivity contribution in [1.29, 1.82) is 0 Å². The summed E-state index contributed by atoms with van der Waals surface area (Å²) in [6.45, 7) is 18.2. The van der Waals surface area contributed by atoms with Gasteiger partial charge in [-0.05, 0) is 108 Å². The van der Waals surface area contributed by atoms with E-state index in [-0.39, 0.29) is 0 Å². The van der Waals surface area contributed by atoms with Crippen LogP contribution in [0.1, 0.15) is 62.6 Å². The lowest BCUT2D eigenvalue weighted by Crippen LogP contribution is -2.20. The third-order valence-corrected chi connectivity index (χ3v) is 8.91. The normalized spacial score (nSPS) is 11.6. The van der Waals surface area contributed by atoms with Gasteiger partial charge in [0.05, 0.1) is 0 Å². The molecule has 1 N–H and O–H groups in total. The van der Waals surface area contributed by atoms with E-state index >= 15 is 0 Å². The van der Waals surface area contributed by atoms with Crippen molar-refractivity contribution in [2.24, 2.45) is 0 Å². The van der Waals surface area contributed by atoms with E-state index in [1.165, 1.54) is 0 Å². The summed E-state index contributed by atoms with van der Waals surface area (Å²) in [5.74, 6) is 1.57. The average Bonchev–Trinajstić information content (AvgIpc) is 2.96. The second kappa shape index (κ2) is 12.7. The first-order valence-electron chi connectivity index (χ1n) is 13.6. The lowest BCUT2D eigenvalue weighted by Gasteiger charge is -2.23. The summed E-state index contributed by atoms with van der Waals surface area (Å²) < 4.78 is 25.5. The van der Waals surface area contributed by atoms with E-state index in [0.29, 0.717) is 13.2 Å². The molecule has 0 heterocycles. The molecule has 0 fully saturated rings. The summed E-state index contributed by atoms with van der Waals surface area (Å²) in [4.78, 5) is 10.7. The molecule has 210 valence electrons. The monoisotopic (exact) mass is 565 g/mol. The molecule has 41 heavy (non-hydrogen) atoms. The molecule has 0 bridgehead atoms. The molecule has 0 radical (unpaired) electrons. The van der Waals surface area contributed by atoms with Gasteiger partial charge in [0.15, 0.2) is 0 Å². The third-order valence-electron chi connectivity index (χ3n) is 7.62. The fourth-order valence-corrected chi connectivity index (χ4v) is 5.82. The van der Waals surface area contributed by atoms with E-state index < -0.39 is 13.2 Å². The molecule has 1 unspecified atom stereocenters. The van der Waals surface area contributed by atoms with Crippen molar-refractivity contribution in [3.05, 3.63) is 142 Å². The maximum atomic E-state index is 13.0. The van der Waals surface area contributed by atoms with E-state index in [9.17, 15) is 9.46 Å². The van der Waals surface area contributed by atoms with Gasteiger partial charge in [-0.25, -0.2) is 0 Å². The van der Waals surface area contributed by atoms with Crippen molar-refractivity contribution in [2.45, 2.75) is 53.0 Å². The van der Waals surface area contributed by atoms with Crippen LogP contribution in [-0.2, 0) is 22.9 Å². The number of rotatable bonds is 11. The topological polar surface area (TPSA) is 55.8 Å². The molecule has 0 spiro atoms. The Balaban J connectivity index is 1.60.